The minimum atomic E-state index is -0.521. The fraction of sp³-hybridized carbons (Fsp3) is 0.235. The molecule has 140 valence electrons. The fourth-order valence-electron chi connectivity index (χ4n) is 1.90. The Morgan fingerprint density at radius 2 is 2.08 bits per heavy atom. The van der Waals surface area contributed by atoms with Crippen LogP contribution in [0.3, 0.4) is 0 Å². The van der Waals surface area contributed by atoms with Crippen LogP contribution in [0.15, 0.2) is 47.8 Å². The van der Waals surface area contributed by atoms with Crippen LogP contribution < -0.4 is 20.6 Å². The van der Waals surface area contributed by atoms with Gasteiger partial charge in [-0.25, -0.2) is 9.63 Å². The number of ether oxygens (including phenoxy) is 1. The maximum absolute atomic E-state index is 12.0. The Labute approximate surface area is 156 Å². The molecule has 1 aromatic carbocycles. The number of hydrogen-bond acceptors (Lipinski definition) is 6. The number of rotatable bonds is 6. The van der Waals surface area contributed by atoms with Gasteiger partial charge < -0.3 is 15.8 Å². The van der Waals surface area contributed by atoms with Gasteiger partial charge in [0.2, 0.25) is 0 Å². The lowest BCUT2D eigenvalue weighted by molar-refractivity contribution is 0.201. The van der Waals surface area contributed by atoms with Gasteiger partial charge in [-0.15, -0.1) is 8.99 Å². The zero-order chi connectivity index (χ0) is 19.4. The van der Waals surface area contributed by atoms with Crippen LogP contribution >= 0.6 is 12.3 Å². The van der Waals surface area contributed by atoms with Crippen LogP contribution in [0.1, 0.15) is 26.3 Å². The highest BCUT2D eigenvalue weighted by Crippen LogP contribution is 2.24. The highest BCUT2D eigenvalue weighted by molar-refractivity contribution is 7.92. The first kappa shape index (κ1) is 21.2. The molecule has 0 saturated carbocycles. The highest BCUT2D eigenvalue weighted by Gasteiger charge is 2.07. The van der Waals surface area contributed by atoms with Crippen LogP contribution in [0.25, 0.3) is 11.1 Å². The van der Waals surface area contributed by atoms with Gasteiger partial charge in [-0.2, -0.15) is 0 Å². The first-order valence-electron chi connectivity index (χ1n) is 8.01. The molecule has 0 aliphatic carbocycles. The molecular weight excluding hydrogens is 357 g/mol. The third kappa shape index (κ3) is 6.60. The molecule has 1 heterocycles. The summed E-state index contributed by atoms with van der Waals surface area (Å²) in [5.41, 5.74) is 7.81. The SMILES string of the molecule is CC.CCNC(=O)Oc1cccc(-c2cncc(/C(N)=N/NSF)c2)c1. The maximum atomic E-state index is 12.0. The lowest BCUT2D eigenvalue weighted by Crippen LogP contribution is -2.26. The van der Waals surface area contributed by atoms with Crippen molar-refractivity contribution in [3.8, 4) is 16.9 Å². The van der Waals surface area contributed by atoms with Gasteiger partial charge in [0, 0.05) is 30.1 Å². The average Bonchev–Trinajstić information content (AvgIpc) is 2.68. The number of amides is 1. The molecule has 2 rings (SSSR count). The van der Waals surface area contributed by atoms with Crippen LogP contribution in [-0.2, 0) is 0 Å². The van der Waals surface area contributed by atoms with E-state index in [1.54, 1.807) is 37.4 Å². The maximum Gasteiger partial charge on any atom is 0.412 e. The molecule has 0 aliphatic rings. The van der Waals surface area contributed by atoms with Gasteiger partial charge in [0.1, 0.15) is 5.75 Å². The second-order valence-electron chi connectivity index (χ2n) is 4.58. The zero-order valence-corrected chi connectivity index (χ0v) is 15.6. The Hall–Kier alpha value is -2.81. The van der Waals surface area contributed by atoms with E-state index >= 15 is 0 Å². The number of hydrazone groups is 1. The summed E-state index contributed by atoms with van der Waals surface area (Å²) in [7, 11) is 0. The zero-order valence-electron chi connectivity index (χ0n) is 14.8. The summed E-state index contributed by atoms with van der Waals surface area (Å²) in [4.78, 5) is 17.7. The molecule has 0 spiro atoms. The molecule has 0 unspecified atom stereocenters. The largest absolute Gasteiger partial charge is 0.412 e. The summed E-state index contributed by atoms with van der Waals surface area (Å²) in [6.45, 7) is 6.28. The number of aromatic nitrogens is 1. The van der Waals surface area contributed by atoms with Crippen LogP contribution in [-0.4, -0.2) is 23.5 Å². The summed E-state index contributed by atoms with van der Waals surface area (Å²) in [6, 6.07) is 8.73. The molecule has 0 atom stereocenters. The highest BCUT2D eigenvalue weighted by atomic mass is 32.2. The number of carbonyl (C=O) groups excluding carboxylic acids is 1. The van der Waals surface area contributed by atoms with E-state index < -0.39 is 6.09 Å². The topological polar surface area (TPSA) is 102 Å². The van der Waals surface area contributed by atoms with E-state index in [9.17, 15) is 8.68 Å². The van der Waals surface area contributed by atoms with Crippen molar-refractivity contribution in [3.63, 3.8) is 0 Å². The average molecular weight is 379 g/mol. The van der Waals surface area contributed by atoms with E-state index in [2.05, 4.69) is 20.2 Å². The Kier molecular flexibility index (Phi) is 9.55. The summed E-state index contributed by atoms with van der Waals surface area (Å²) in [6.07, 6.45) is 2.63. The van der Waals surface area contributed by atoms with Crippen molar-refractivity contribution < 1.29 is 13.4 Å². The molecule has 9 heteroatoms. The van der Waals surface area contributed by atoms with Crippen LogP contribution in [0.2, 0.25) is 0 Å². The third-order valence-corrected chi connectivity index (χ3v) is 3.09. The van der Waals surface area contributed by atoms with E-state index in [4.69, 9.17) is 10.5 Å². The quantitative estimate of drug-likeness (QED) is 0.307. The van der Waals surface area contributed by atoms with Gasteiger partial charge in [-0.3, -0.25) is 4.98 Å². The number of nitrogens with one attached hydrogen (secondary N) is 2. The van der Waals surface area contributed by atoms with Gasteiger partial charge in [0.15, 0.2) is 18.2 Å². The fourth-order valence-corrected chi connectivity index (χ4v) is 2.03. The van der Waals surface area contributed by atoms with Crippen molar-refractivity contribution >= 4 is 24.3 Å². The molecular formula is C17H22FN5O2S. The standard InChI is InChI=1S/C15H16FN5O2S.C2H6/c1-2-19-15(22)23-13-5-3-4-10(7-13)11-6-12(9-18-8-11)14(17)20-21-24-16;1-2/h3-9,21H,2H2,1H3,(H2,17,20)(H,19,22);1-2H3. The first-order chi connectivity index (χ1) is 12.6. The number of halogens is 1. The number of pyridine rings is 1. The van der Waals surface area contributed by atoms with E-state index in [0.717, 1.165) is 11.1 Å². The van der Waals surface area contributed by atoms with Crippen molar-refractivity contribution in [2.45, 2.75) is 20.8 Å². The van der Waals surface area contributed by atoms with Crippen molar-refractivity contribution in [2.24, 2.45) is 10.8 Å². The molecule has 4 N–H and O–H groups in total. The number of nitrogens with two attached hydrogens (primary N) is 1. The first-order valence-corrected chi connectivity index (χ1v) is 8.73. The molecule has 1 amide bonds. The molecule has 7 nitrogen and oxygen atoms in total. The van der Waals surface area contributed by atoms with Gasteiger partial charge in [-0.05, 0) is 30.7 Å². The predicted molar refractivity (Wildman–Crippen MR) is 103 cm³/mol. The minimum absolute atomic E-state index is 0.101. The minimum Gasteiger partial charge on any atom is -0.410 e. The molecule has 0 bridgehead atoms. The Balaban J connectivity index is 0.00000163. The molecule has 0 aliphatic heterocycles. The lowest BCUT2D eigenvalue weighted by atomic mass is 10.1. The van der Waals surface area contributed by atoms with Crippen molar-refractivity contribution in [1.29, 1.82) is 0 Å². The number of hydrogen-bond donors (Lipinski definition) is 3. The summed E-state index contributed by atoms with van der Waals surface area (Å²) in [5.74, 6) is 0.505. The summed E-state index contributed by atoms with van der Waals surface area (Å²) < 4.78 is 17.2. The van der Waals surface area contributed by atoms with Gasteiger partial charge in [0.05, 0.1) is 0 Å². The van der Waals surface area contributed by atoms with Crippen molar-refractivity contribution in [1.82, 2.24) is 15.1 Å². The monoisotopic (exact) mass is 379 g/mol. The second-order valence-corrected chi connectivity index (χ2v) is 4.91. The van der Waals surface area contributed by atoms with E-state index in [-0.39, 0.29) is 18.2 Å². The van der Waals surface area contributed by atoms with E-state index in [0.29, 0.717) is 17.9 Å². The summed E-state index contributed by atoms with van der Waals surface area (Å²) in [5, 5.41) is 6.19. The summed E-state index contributed by atoms with van der Waals surface area (Å²) >= 11 is -0.156. The molecule has 0 saturated heterocycles. The predicted octanol–water partition coefficient (Wildman–Crippen LogP) is 3.63. The Bertz CT molecular complexity index is 743. The number of carbonyl (C=O) groups is 1. The van der Waals surface area contributed by atoms with Gasteiger partial charge in [0.25, 0.3) is 0 Å². The van der Waals surface area contributed by atoms with E-state index in [1.165, 1.54) is 6.20 Å². The van der Waals surface area contributed by atoms with Gasteiger partial charge in [-0.1, -0.05) is 26.0 Å². The van der Waals surface area contributed by atoms with Crippen LogP contribution in [0.4, 0.5) is 8.68 Å². The van der Waals surface area contributed by atoms with Crippen molar-refractivity contribution in [2.75, 3.05) is 6.54 Å². The van der Waals surface area contributed by atoms with Crippen molar-refractivity contribution in [3.05, 3.63) is 48.3 Å². The lowest BCUT2D eigenvalue weighted by Gasteiger charge is -2.08. The van der Waals surface area contributed by atoms with E-state index in [1.807, 2.05) is 19.9 Å². The normalized spacial score (nSPS) is 10.4. The molecule has 0 radical (unpaired) electrons. The Morgan fingerprint density at radius 3 is 2.77 bits per heavy atom. The van der Waals surface area contributed by atoms with Crippen LogP contribution in [0.5, 0.6) is 5.75 Å². The Morgan fingerprint density at radius 1 is 1.31 bits per heavy atom. The molecule has 2 aromatic rings. The smallest absolute Gasteiger partial charge is 0.410 e. The molecule has 26 heavy (non-hydrogen) atoms. The second kappa shape index (κ2) is 11.7. The molecule has 0 fully saturated rings. The number of benzene rings is 1. The molecule has 1 aromatic heterocycles. The number of amidine groups is 1. The third-order valence-electron chi connectivity index (χ3n) is 2.93. The van der Waals surface area contributed by atoms with Gasteiger partial charge >= 0.3 is 6.09 Å². The van der Waals surface area contributed by atoms with Crippen LogP contribution in [0, 0.1) is 0 Å². The number of nitrogens with zero attached hydrogens (tertiary/aromatic N) is 2.